The minimum Gasteiger partial charge on any atom is -0.329 e. The number of piperidine rings is 1. The second-order valence-electron chi connectivity index (χ2n) is 3.86. The highest BCUT2D eigenvalue weighted by atomic mass is 35.5. The first-order valence-electron chi connectivity index (χ1n) is 4.93. The molecule has 0 aromatic carbocycles. The zero-order valence-electron chi connectivity index (χ0n) is 8.41. The fourth-order valence-corrected chi connectivity index (χ4v) is 1.94. The van der Waals surface area contributed by atoms with E-state index in [0.717, 1.165) is 13.1 Å². The Morgan fingerprint density at radius 1 is 1.46 bits per heavy atom. The van der Waals surface area contributed by atoms with Crippen molar-refractivity contribution < 1.29 is 0 Å². The summed E-state index contributed by atoms with van der Waals surface area (Å²) >= 11 is 0. The van der Waals surface area contributed by atoms with Crippen LogP contribution in [0.5, 0.6) is 0 Å². The van der Waals surface area contributed by atoms with Crippen molar-refractivity contribution in [2.24, 2.45) is 11.5 Å². The molecule has 4 N–H and O–H groups in total. The van der Waals surface area contributed by atoms with Gasteiger partial charge in [0.05, 0.1) is 0 Å². The lowest BCUT2D eigenvalue weighted by atomic mass is 10.0. The van der Waals surface area contributed by atoms with Crippen LogP contribution in [0.3, 0.4) is 0 Å². The molecule has 0 aliphatic carbocycles. The summed E-state index contributed by atoms with van der Waals surface area (Å²) in [6.45, 7) is 5.03. The molecule has 4 heteroatoms. The maximum Gasteiger partial charge on any atom is 0.0219 e. The van der Waals surface area contributed by atoms with Gasteiger partial charge < -0.3 is 11.5 Å². The topological polar surface area (TPSA) is 55.3 Å². The molecule has 0 amide bonds. The number of halogens is 1. The van der Waals surface area contributed by atoms with Gasteiger partial charge in [-0.15, -0.1) is 12.4 Å². The Kier molecular flexibility index (Phi) is 6.68. The third kappa shape index (κ3) is 4.27. The van der Waals surface area contributed by atoms with Crippen LogP contribution in [-0.4, -0.2) is 36.6 Å². The maximum atomic E-state index is 5.76. The van der Waals surface area contributed by atoms with Crippen molar-refractivity contribution >= 4 is 12.4 Å². The highest BCUT2D eigenvalue weighted by molar-refractivity contribution is 5.85. The Balaban J connectivity index is 0.00000144. The van der Waals surface area contributed by atoms with Gasteiger partial charge in [-0.3, -0.25) is 4.90 Å². The van der Waals surface area contributed by atoms with Crippen molar-refractivity contribution in [1.82, 2.24) is 4.90 Å². The van der Waals surface area contributed by atoms with Crippen LogP contribution in [0.4, 0.5) is 0 Å². The summed E-state index contributed by atoms with van der Waals surface area (Å²) in [5.41, 5.74) is 11.4. The number of hydrogen-bond acceptors (Lipinski definition) is 3. The summed E-state index contributed by atoms with van der Waals surface area (Å²) in [6.07, 6.45) is 3.89. The Morgan fingerprint density at radius 2 is 2.15 bits per heavy atom. The molecule has 2 atom stereocenters. The summed E-state index contributed by atoms with van der Waals surface area (Å²) in [6, 6.07) is 0.863. The van der Waals surface area contributed by atoms with Gasteiger partial charge >= 0.3 is 0 Å². The first-order valence-corrected chi connectivity index (χ1v) is 4.93. The molecule has 1 aliphatic rings. The zero-order chi connectivity index (χ0) is 8.97. The second-order valence-corrected chi connectivity index (χ2v) is 3.86. The van der Waals surface area contributed by atoms with Gasteiger partial charge in [0, 0.05) is 25.2 Å². The van der Waals surface area contributed by atoms with E-state index in [1.807, 2.05) is 0 Å². The average molecular weight is 208 g/mol. The first-order chi connectivity index (χ1) is 5.74. The fraction of sp³-hybridized carbons (Fsp3) is 1.00. The maximum absolute atomic E-state index is 5.76. The smallest absolute Gasteiger partial charge is 0.0219 e. The number of hydrogen-bond donors (Lipinski definition) is 2. The summed E-state index contributed by atoms with van der Waals surface area (Å²) in [4.78, 5) is 2.44. The van der Waals surface area contributed by atoms with Crippen LogP contribution < -0.4 is 11.5 Å². The van der Waals surface area contributed by atoms with Gasteiger partial charge in [0.25, 0.3) is 0 Å². The molecule has 1 aliphatic heterocycles. The average Bonchev–Trinajstić information content (AvgIpc) is 2.04. The predicted molar refractivity (Wildman–Crippen MR) is 59.2 cm³/mol. The monoisotopic (exact) mass is 207 g/mol. The van der Waals surface area contributed by atoms with Crippen LogP contribution >= 0.6 is 12.4 Å². The lowest BCUT2D eigenvalue weighted by molar-refractivity contribution is 0.146. The van der Waals surface area contributed by atoms with E-state index in [2.05, 4.69) is 11.8 Å². The largest absolute Gasteiger partial charge is 0.329 e. The predicted octanol–water partition coefficient (Wildman–Crippen LogP) is 0.569. The molecule has 0 radical (unpaired) electrons. The number of likely N-dealkylation sites (tertiary alicyclic amines) is 1. The van der Waals surface area contributed by atoms with Crippen LogP contribution in [-0.2, 0) is 0 Å². The number of nitrogens with two attached hydrogens (primary N) is 2. The van der Waals surface area contributed by atoms with Crippen LogP contribution in [0.25, 0.3) is 0 Å². The van der Waals surface area contributed by atoms with Crippen LogP contribution in [0, 0.1) is 0 Å². The molecule has 1 heterocycles. The molecule has 0 spiro atoms. The molecule has 2 unspecified atom stereocenters. The normalized spacial score (nSPS) is 26.5. The third-order valence-electron chi connectivity index (χ3n) is 2.54. The summed E-state index contributed by atoms with van der Waals surface area (Å²) < 4.78 is 0. The molecule has 0 bridgehead atoms. The van der Waals surface area contributed by atoms with Crippen molar-refractivity contribution in [2.45, 2.75) is 38.3 Å². The first kappa shape index (κ1) is 13.2. The molecule has 1 rings (SSSR count). The quantitative estimate of drug-likeness (QED) is 0.712. The van der Waals surface area contributed by atoms with E-state index in [-0.39, 0.29) is 18.4 Å². The lowest BCUT2D eigenvalue weighted by Crippen LogP contribution is -2.48. The summed E-state index contributed by atoms with van der Waals surface area (Å²) in [7, 11) is 0. The molecule has 13 heavy (non-hydrogen) atoms. The highest BCUT2D eigenvalue weighted by Gasteiger charge is 2.21. The van der Waals surface area contributed by atoms with E-state index in [1.165, 1.54) is 25.8 Å². The molecular formula is C9H22ClN3. The minimum absolute atomic E-state index is 0. The molecule has 80 valence electrons. The Bertz CT molecular complexity index is 130. The number of rotatable bonds is 3. The van der Waals surface area contributed by atoms with Gasteiger partial charge in [0.2, 0.25) is 0 Å². The summed E-state index contributed by atoms with van der Waals surface area (Å²) in [5.74, 6) is 0. The Labute approximate surface area is 87.2 Å². The van der Waals surface area contributed by atoms with Crippen molar-refractivity contribution in [1.29, 1.82) is 0 Å². The SMILES string of the molecule is CC(N)CN1CCCCC1CN.Cl. The van der Waals surface area contributed by atoms with Crippen molar-refractivity contribution in [2.75, 3.05) is 19.6 Å². The van der Waals surface area contributed by atoms with Gasteiger partial charge in [-0.1, -0.05) is 6.42 Å². The number of nitrogens with zero attached hydrogens (tertiary/aromatic N) is 1. The Morgan fingerprint density at radius 3 is 2.69 bits per heavy atom. The van der Waals surface area contributed by atoms with E-state index in [9.17, 15) is 0 Å². The van der Waals surface area contributed by atoms with Gasteiger partial charge in [0.1, 0.15) is 0 Å². The molecule has 0 aromatic rings. The van der Waals surface area contributed by atoms with Gasteiger partial charge in [-0.2, -0.15) is 0 Å². The summed E-state index contributed by atoms with van der Waals surface area (Å²) in [5, 5.41) is 0. The van der Waals surface area contributed by atoms with E-state index >= 15 is 0 Å². The highest BCUT2D eigenvalue weighted by Crippen LogP contribution is 2.15. The minimum atomic E-state index is 0. The van der Waals surface area contributed by atoms with Crippen LogP contribution in [0.2, 0.25) is 0 Å². The molecule has 1 saturated heterocycles. The molecule has 0 aromatic heterocycles. The van der Waals surface area contributed by atoms with E-state index in [0.29, 0.717) is 6.04 Å². The Hall–Kier alpha value is 0.170. The van der Waals surface area contributed by atoms with Crippen molar-refractivity contribution in [3.8, 4) is 0 Å². The van der Waals surface area contributed by atoms with E-state index in [1.54, 1.807) is 0 Å². The van der Waals surface area contributed by atoms with Gasteiger partial charge in [-0.25, -0.2) is 0 Å². The van der Waals surface area contributed by atoms with Crippen LogP contribution in [0.1, 0.15) is 26.2 Å². The van der Waals surface area contributed by atoms with E-state index < -0.39 is 0 Å². The molecule has 3 nitrogen and oxygen atoms in total. The standard InChI is InChI=1S/C9H21N3.ClH/c1-8(11)7-12-5-3-2-4-9(12)6-10;/h8-9H,2-7,10-11H2,1H3;1H. The van der Waals surface area contributed by atoms with Gasteiger partial charge in [0.15, 0.2) is 0 Å². The molecule has 0 saturated carbocycles. The van der Waals surface area contributed by atoms with Crippen molar-refractivity contribution in [3.05, 3.63) is 0 Å². The molecule has 1 fully saturated rings. The van der Waals surface area contributed by atoms with Crippen LogP contribution in [0.15, 0.2) is 0 Å². The second kappa shape index (κ2) is 6.60. The van der Waals surface area contributed by atoms with E-state index in [4.69, 9.17) is 11.5 Å². The third-order valence-corrected chi connectivity index (χ3v) is 2.54. The fourth-order valence-electron chi connectivity index (χ4n) is 1.94. The van der Waals surface area contributed by atoms with Gasteiger partial charge in [-0.05, 0) is 26.3 Å². The zero-order valence-corrected chi connectivity index (χ0v) is 9.22. The van der Waals surface area contributed by atoms with Crippen molar-refractivity contribution in [3.63, 3.8) is 0 Å². The molecular weight excluding hydrogens is 186 g/mol. The lowest BCUT2D eigenvalue weighted by Gasteiger charge is -2.35.